The van der Waals surface area contributed by atoms with E-state index >= 15 is 0 Å². The highest BCUT2D eigenvalue weighted by atomic mass is 35.5. The molecule has 2 aromatic rings. The molecule has 2 aromatic carbocycles. The minimum Gasteiger partial charge on any atom is -0.496 e. The molecule has 6 heteroatoms. The lowest BCUT2D eigenvalue weighted by Gasteiger charge is -2.36. The van der Waals surface area contributed by atoms with Gasteiger partial charge in [0.2, 0.25) is 0 Å². The predicted molar refractivity (Wildman–Crippen MR) is 130 cm³/mol. The predicted octanol–water partition coefficient (Wildman–Crippen LogP) is 6.28. The van der Waals surface area contributed by atoms with Crippen molar-refractivity contribution in [1.82, 2.24) is 10.2 Å². The van der Waals surface area contributed by atoms with Gasteiger partial charge in [0.25, 0.3) is 0 Å². The molecule has 1 amide bonds. The molecule has 5 nitrogen and oxygen atoms in total. The lowest BCUT2D eigenvalue weighted by atomic mass is 9.90. The largest absolute Gasteiger partial charge is 0.496 e. The van der Waals surface area contributed by atoms with Gasteiger partial charge in [-0.1, -0.05) is 29.8 Å². The molecule has 0 radical (unpaired) electrons. The summed E-state index contributed by atoms with van der Waals surface area (Å²) in [5.41, 5.74) is 2.93. The van der Waals surface area contributed by atoms with Gasteiger partial charge in [0.15, 0.2) is 0 Å². The molecule has 0 spiro atoms. The van der Waals surface area contributed by atoms with Gasteiger partial charge in [-0.15, -0.1) is 0 Å². The highest BCUT2D eigenvalue weighted by Gasteiger charge is 2.29. The van der Waals surface area contributed by atoms with Gasteiger partial charge in [0, 0.05) is 36.3 Å². The number of nitrogens with zero attached hydrogens (tertiary/aromatic N) is 1. The molecule has 1 aliphatic rings. The Morgan fingerprint density at radius 2 is 1.69 bits per heavy atom. The number of methoxy groups -OCH3 is 1. The molecule has 0 atom stereocenters. The molecule has 0 aromatic heterocycles. The molecule has 1 aliphatic carbocycles. The van der Waals surface area contributed by atoms with Gasteiger partial charge in [0.1, 0.15) is 11.4 Å². The van der Waals surface area contributed by atoms with Gasteiger partial charge in [0.05, 0.1) is 7.11 Å². The zero-order valence-corrected chi connectivity index (χ0v) is 20.5. The van der Waals surface area contributed by atoms with Crippen molar-refractivity contribution in [2.75, 3.05) is 14.2 Å². The second-order valence-corrected chi connectivity index (χ2v) is 9.95. The van der Waals surface area contributed by atoms with E-state index in [1.807, 2.05) is 58.2 Å². The lowest BCUT2D eigenvalue weighted by Crippen LogP contribution is -2.44. The summed E-state index contributed by atoms with van der Waals surface area (Å²) < 4.78 is 11.1. The maximum atomic E-state index is 12.4. The van der Waals surface area contributed by atoms with Crippen molar-refractivity contribution in [2.24, 2.45) is 0 Å². The third-order valence-corrected chi connectivity index (χ3v) is 6.22. The monoisotopic (exact) mass is 458 g/mol. The van der Waals surface area contributed by atoms with E-state index in [1.54, 1.807) is 12.0 Å². The van der Waals surface area contributed by atoms with E-state index in [0.717, 1.165) is 59.7 Å². The summed E-state index contributed by atoms with van der Waals surface area (Å²) in [6, 6.07) is 14.8. The van der Waals surface area contributed by atoms with Crippen LogP contribution >= 0.6 is 11.6 Å². The number of carbonyl (C=O) groups is 1. The number of rotatable bonds is 6. The zero-order valence-electron chi connectivity index (χ0n) is 19.8. The second kappa shape index (κ2) is 10.6. The minimum absolute atomic E-state index is 0.227. The topological polar surface area (TPSA) is 50.8 Å². The third-order valence-electron chi connectivity index (χ3n) is 5.97. The van der Waals surface area contributed by atoms with Crippen LogP contribution in [0.4, 0.5) is 4.79 Å². The van der Waals surface area contributed by atoms with Crippen molar-refractivity contribution in [3.63, 3.8) is 0 Å². The van der Waals surface area contributed by atoms with Crippen molar-refractivity contribution in [1.29, 1.82) is 0 Å². The van der Waals surface area contributed by atoms with Crippen LogP contribution in [0, 0.1) is 0 Å². The Morgan fingerprint density at radius 1 is 1.06 bits per heavy atom. The van der Waals surface area contributed by atoms with Crippen LogP contribution in [-0.2, 0) is 11.3 Å². The maximum Gasteiger partial charge on any atom is 0.410 e. The van der Waals surface area contributed by atoms with Crippen LogP contribution in [0.2, 0.25) is 5.02 Å². The number of nitrogens with one attached hydrogen (secondary N) is 1. The van der Waals surface area contributed by atoms with Gasteiger partial charge in [-0.3, -0.25) is 0 Å². The molecule has 0 saturated heterocycles. The van der Waals surface area contributed by atoms with E-state index in [2.05, 4.69) is 17.4 Å². The fourth-order valence-electron chi connectivity index (χ4n) is 4.14. The smallest absolute Gasteiger partial charge is 0.410 e. The number of benzene rings is 2. The quantitative estimate of drug-likeness (QED) is 0.553. The molecule has 1 fully saturated rings. The number of amides is 1. The Bertz CT molecular complexity index is 900. The van der Waals surface area contributed by atoms with Gasteiger partial charge < -0.3 is 19.7 Å². The lowest BCUT2D eigenvalue weighted by molar-refractivity contribution is 0.0179. The highest BCUT2D eigenvalue weighted by Crippen LogP contribution is 2.29. The van der Waals surface area contributed by atoms with Crippen LogP contribution in [0.25, 0.3) is 11.1 Å². The second-order valence-electron chi connectivity index (χ2n) is 9.51. The molecule has 32 heavy (non-hydrogen) atoms. The summed E-state index contributed by atoms with van der Waals surface area (Å²) >= 11 is 6.03. The minimum atomic E-state index is -0.469. The van der Waals surface area contributed by atoms with Crippen molar-refractivity contribution >= 4 is 17.7 Å². The Hall–Kier alpha value is -2.24. The molecule has 174 valence electrons. The van der Waals surface area contributed by atoms with E-state index in [0.29, 0.717) is 6.04 Å². The number of hydrogen-bond acceptors (Lipinski definition) is 4. The zero-order chi connectivity index (χ0) is 23.3. The van der Waals surface area contributed by atoms with E-state index < -0.39 is 5.60 Å². The highest BCUT2D eigenvalue weighted by molar-refractivity contribution is 6.30. The van der Waals surface area contributed by atoms with Crippen LogP contribution in [0.5, 0.6) is 5.75 Å². The summed E-state index contributed by atoms with van der Waals surface area (Å²) in [6.07, 6.45) is 3.75. The van der Waals surface area contributed by atoms with Gasteiger partial charge in [-0.25, -0.2) is 4.79 Å². The van der Waals surface area contributed by atoms with E-state index in [-0.39, 0.29) is 12.1 Å². The normalized spacial score (nSPS) is 18.8. The Balaban J connectivity index is 1.56. The molecular weight excluding hydrogens is 424 g/mol. The molecule has 0 heterocycles. The first-order valence-corrected chi connectivity index (χ1v) is 11.7. The van der Waals surface area contributed by atoms with Crippen molar-refractivity contribution in [2.45, 2.75) is 70.7 Å². The summed E-state index contributed by atoms with van der Waals surface area (Å²) in [7, 11) is 3.55. The van der Waals surface area contributed by atoms with Gasteiger partial charge in [-0.05, 0) is 81.8 Å². The molecule has 0 aliphatic heterocycles. The molecular formula is C26H35ClN2O3. The summed E-state index contributed by atoms with van der Waals surface area (Å²) in [5.74, 6) is 0.883. The third kappa shape index (κ3) is 6.63. The van der Waals surface area contributed by atoms with Crippen molar-refractivity contribution in [3.05, 3.63) is 53.1 Å². The fraction of sp³-hybridized carbons (Fsp3) is 0.500. The summed E-state index contributed by atoms with van der Waals surface area (Å²) in [6.45, 7) is 6.43. The van der Waals surface area contributed by atoms with Crippen molar-refractivity contribution < 1.29 is 14.3 Å². The maximum absolute atomic E-state index is 12.4. The van der Waals surface area contributed by atoms with E-state index in [4.69, 9.17) is 21.1 Å². The first kappa shape index (κ1) is 24.4. The number of ether oxygens (including phenoxy) is 2. The number of halogens is 1. The summed E-state index contributed by atoms with van der Waals surface area (Å²) in [5, 5.41) is 4.42. The van der Waals surface area contributed by atoms with Gasteiger partial charge in [-0.2, -0.15) is 0 Å². The fourth-order valence-corrected chi connectivity index (χ4v) is 4.27. The van der Waals surface area contributed by atoms with Crippen LogP contribution in [-0.4, -0.2) is 42.8 Å². The first-order chi connectivity index (χ1) is 15.2. The molecule has 0 unspecified atom stereocenters. The molecule has 0 bridgehead atoms. The van der Waals surface area contributed by atoms with Crippen LogP contribution in [0.3, 0.4) is 0 Å². The summed E-state index contributed by atoms with van der Waals surface area (Å²) in [4.78, 5) is 14.1. The van der Waals surface area contributed by atoms with Crippen LogP contribution in [0.1, 0.15) is 52.0 Å². The average molecular weight is 459 g/mol. The Morgan fingerprint density at radius 3 is 2.28 bits per heavy atom. The van der Waals surface area contributed by atoms with Crippen LogP contribution < -0.4 is 10.1 Å². The van der Waals surface area contributed by atoms with E-state index in [1.165, 1.54) is 0 Å². The molecule has 1 N–H and O–H groups in total. The van der Waals surface area contributed by atoms with Gasteiger partial charge >= 0.3 is 6.09 Å². The first-order valence-electron chi connectivity index (χ1n) is 11.3. The molecule has 3 rings (SSSR count). The Kier molecular flexibility index (Phi) is 8.07. The molecule has 1 saturated carbocycles. The number of carbonyl (C=O) groups excluding carboxylic acids is 1. The van der Waals surface area contributed by atoms with Crippen LogP contribution in [0.15, 0.2) is 42.5 Å². The average Bonchev–Trinajstić information content (AvgIpc) is 2.76. The van der Waals surface area contributed by atoms with Crippen molar-refractivity contribution in [3.8, 4) is 16.9 Å². The Labute approximate surface area is 197 Å². The number of hydrogen-bond donors (Lipinski definition) is 1. The standard InChI is InChI=1S/C26H35ClN2O3/c1-26(2,3)32-25(30)29(4)23-13-11-22(12-14-23)28-17-20-16-19(8-15-24(20)31-5)18-6-9-21(27)10-7-18/h6-10,15-16,22-23,28H,11-14,17H2,1-5H3. The van der Waals surface area contributed by atoms with E-state index in [9.17, 15) is 4.79 Å². The SMILES string of the molecule is COc1ccc(-c2ccc(Cl)cc2)cc1CNC1CCC(N(C)C(=O)OC(C)(C)C)CC1.